The van der Waals surface area contributed by atoms with Gasteiger partial charge in [0.15, 0.2) is 0 Å². The Hall–Kier alpha value is -3.39. The zero-order chi connectivity index (χ0) is 23.4. The quantitative estimate of drug-likeness (QED) is 0.568. The summed E-state index contributed by atoms with van der Waals surface area (Å²) in [6.07, 6.45) is -0.812. The molecule has 174 valence electrons. The Morgan fingerprint density at radius 1 is 1.09 bits per heavy atom. The van der Waals surface area contributed by atoms with E-state index in [1.807, 2.05) is 24.3 Å². The number of amides is 2. The molecule has 1 aliphatic carbocycles. The van der Waals surface area contributed by atoms with Gasteiger partial charge in [-0.15, -0.1) is 0 Å². The number of hydrogen-bond donors (Lipinski definition) is 3. The molecule has 0 bridgehead atoms. The Kier molecular flexibility index (Phi) is 6.93. The molecule has 0 spiro atoms. The SMILES string of the molecule is C[C@@H](CC(=O)O)NC(=O)C1OCCC1CNC(=O)OCC1c2ccccc2-c2ccccc21. The van der Waals surface area contributed by atoms with E-state index in [2.05, 4.69) is 34.9 Å². The van der Waals surface area contributed by atoms with Crippen molar-refractivity contribution < 1.29 is 29.0 Å². The number of carboxylic acids is 1. The zero-order valence-electron chi connectivity index (χ0n) is 18.5. The number of ether oxygens (including phenoxy) is 2. The molecule has 2 aromatic rings. The maximum absolute atomic E-state index is 12.5. The van der Waals surface area contributed by atoms with Gasteiger partial charge in [0.2, 0.25) is 5.91 Å². The molecule has 0 radical (unpaired) electrons. The van der Waals surface area contributed by atoms with Crippen molar-refractivity contribution in [3.8, 4) is 11.1 Å². The summed E-state index contributed by atoms with van der Waals surface area (Å²) >= 11 is 0. The van der Waals surface area contributed by atoms with E-state index in [0.717, 1.165) is 22.3 Å². The molecule has 1 saturated heterocycles. The van der Waals surface area contributed by atoms with Crippen molar-refractivity contribution in [1.82, 2.24) is 10.6 Å². The molecule has 4 rings (SSSR count). The number of carbonyl (C=O) groups excluding carboxylic acids is 2. The topological polar surface area (TPSA) is 114 Å². The van der Waals surface area contributed by atoms with Gasteiger partial charge in [0.25, 0.3) is 0 Å². The number of hydrogen-bond acceptors (Lipinski definition) is 5. The van der Waals surface area contributed by atoms with Crippen LogP contribution in [0.3, 0.4) is 0 Å². The van der Waals surface area contributed by atoms with Gasteiger partial charge in [0, 0.05) is 31.0 Å². The van der Waals surface area contributed by atoms with E-state index in [1.165, 1.54) is 0 Å². The molecule has 0 saturated carbocycles. The van der Waals surface area contributed by atoms with Crippen molar-refractivity contribution in [1.29, 1.82) is 0 Å². The molecular weight excluding hydrogens is 424 g/mol. The Morgan fingerprint density at radius 3 is 2.36 bits per heavy atom. The van der Waals surface area contributed by atoms with Crippen molar-refractivity contribution in [3.05, 3.63) is 59.7 Å². The highest BCUT2D eigenvalue weighted by Gasteiger charge is 2.35. The molecule has 3 N–H and O–H groups in total. The minimum Gasteiger partial charge on any atom is -0.481 e. The van der Waals surface area contributed by atoms with Gasteiger partial charge in [-0.1, -0.05) is 48.5 Å². The highest BCUT2D eigenvalue weighted by atomic mass is 16.5. The van der Waals surface area contributed by atoms with Crippen molar-refractivity contribution in [2.75, 3.05) is 19.8 Å². The third kappa shape index (κ3) is 5.17. The van der Waals surface area contributed by atoms with Gasteiger partial charge in [0.1, 0.15) is 12.7 Å². The Labute approximate surface area is 192 Å². The lowest BCUT2D eigenvalue weighted by Gasteiger charge is -2.21. The summed E-state index contributed by atoms with van der Waals surface area (Å²) in [4.78, 5) is 35.7. The summed E-state index contributed by atoms with van der Waals surface area (Å²) in [7, 11) is 0. The highest BCUT2D eigenvalue weighted by Crippen LogP contribution is 2.44. The normalized spacial score (nSPS) is 19.9. The second kappa shape index (κ2) is 10.0. The first-order valence-corrected chi connectivity index (χ1v) is 11.2. The molecule has 2 aromatic carbocycles. The lowest BCUT2D eigenvalue weighted by molar-refractivity contribution is -0.138. The second-order valence-corrected chi connectivity index (χ2v) is 8.55. The van der Waals surface area contributed by atoms with E-state index in [4.69, 9.17) is 14.6 Å². The van der Waals surface area contributed by atoms with Crippen LogP contribution in [-0.4, -0.2) is 55.0 Å². The molecule has 8 heteroatoms. The minimum absolute atomic E-state index is 0.0211. The number of alkyl carbamates (subject to hydrolysis) is 1. The third-order valence-electron chi connectivity index (χ3n) is 6.19. The summed E-state index contributed by atoms with van der Waals surface area (Å²) in [6.45, 7) is 2.49. The smallest absolute Gasteiger partial charge is 0.407 e. The van der Waals surface area contributed by atoms with Gasteiger partial charge < -0.3 is 25.2 Å². The van der Waals surface area contributed by atoms with Gasteiger partial charge in [-0.3, -0.25) is 9.59 Å². The molecule has 0 aromatic heterocycles. The fourth-order valence-corrected chi connectivity index (χ4v) is 4.63. The van der Waals surface area contributed by atoms with E-state index in [1.54, 1.807) is 6.92 Å². The van der Waals surface area contributed by atoms with Crippen LogP contribution in [-0.2, 0) is 19.1 Å². The fraction of sp³-hybridized carbons (Fsp3) is 0.400. The molecule has 2 aliphatic rings. The predicted octanol–water partition coefficient (Wildman–Crippen LogP) is 2.91. The largest absolute Gasteiger partial charge is 0.481 e. The van der Waals surface area contributed by atoms with Gasteiger partial charge in [-0.05, 0) is 35.6 Å². The Morgan fingerprint density at radius 2 is 1.73 bits per heavy atom. The van der Waals surface area contributed by atoms with Gasteiger partial charge >= 0.3 is 12.1 Å². The number of aliphatic carboxylic acids is 1. The van der Waals surface area contributed by atoms with E-state index < -0.39 is 24.2 Å². The Bertz CT molecular complexity index is 994. The second-order valence-electron chi connectivity index (χ2n) is 8.55. The van der Waals surface area contributed by atoms with Crippen LogP contribution < -0.4 is 10.6 Å². The molecule has 1 fully saturated rings. The van der Waals surface area contributed by atoms with Crippen LogP contribution in [0.5, 0.6) is 0 Å². The number of benzene rings is 2. The molecule has 1 aliphatic heterocycles. The van der Waals surface area contributed by atoms with Crippen LogP contribution >= 0.6 is 0 Å². The maximum Gasteiger partial charge on any atom is 0.407 e. The number of rotatable bonds is 8. The van der Waals surface area contributed by atoms with Crippen LogP contribution in [0, 0.1) is 5.92 Å². The van der Waals surface area contributed by atoms with Gasteiger partial charge in [0.05, 0.1) is 6.42 Å². The summed E-state index contributed by atoms with van der Waals surface area (Å²) in [5.74, 6) is -1.57. The first-order valence-electron chi connectivity index (χ1n) is 11.2. The molecule has 2 amide bonds. The molecular formula is C25H28N2O6. The maximum atomic E-state index is 12.5. The molecule has 3 atom stereocenters. The van der Waals surface area contributed by atoms with Crippen LogP contribution in [0.15, 0.2) is 48.5 Å². The standard InChI is InChI=1S/C25H28N2O6/c1-15(12-22(28)29)27-24(30)23-16(10-11-32-23)13-26-25(31)33-14-21-19-8-4-2-6-17(19)18-7-3-5-9-20(18)21/h2-9,15-16,21,23H,10-14H2,1H3,(H,26,31)(H,27,30)(H,28,29)/t15-,16?,23?/m0/s1. The lowest BCUT2D eigenvalue weighted by Crippen LogP contribution is -2.45. The minimum atomic E-state index is -0.983. The molecule has 2 unspecified atom stereocenters. The monoisotopic (exact) mass is 452 g/mol. The van der Waals surface area contributed by atoms with Crippen molar-refractivity contribution in [2.45, 2.75) is 37.8 Å². The van der Waals surface area contributed by atoms with Gasteiger partial charge in [-0.2, -0.15) is 0 Å². The zero-order valence-corrected chi connectivity index (χ0v) is 18.5. The first-order chi connectivity index (χ1) is 15.9. The summed E-state index contributed by atoms with van der Waals surface area (Å²) in [5.41, 5.74) is 4.61. The highest BCUT2D eigenvalue weighted by molar-refractivity contribution is 5.82. The van der Waals surface area contributed by atoms with Gasteiger partial charge in [-0.25, -0.2) is 4.79 Å². The average molecular weight is 453 g/mol. The summed E-state index contributed by atoms with van der Waals surface area (Å²) < 4.78 is 11.1. The summed E-state index contributed by atoms with van der Waals surface area (Å²) in [6, 6.07) is 15.8. The molecule has 8 nitrogen and oxygen atoms in total. The van der Waals surface area contributed by atoms with Crippen LogP contribution in [0.1, 0.15) is 36.8 Å². The molecule has 33 heavy (non-hydrogen) atoms. The van der Waals surface area contributed by atoms with Crippen LogP contribution in [0.25, 0.3) is 11.1 Å². The van der Waals surface area contributed by atoms with Crippen molar-refractivity contribution in [3.63, 3.8) is 0 Å². The Balaban J connectivity index is 1.29. The van der Waals surface area contributed by atoms with Crippen molar-refractivity contribution in [2.24, 2.45) is 5.92 Å². The first kappa shape index (κ1) is 22.8. The van der Waals surface area contributed by atoms with E-state index >= 15 is 0 Å². The average Bonchev–Trinajstić information content (AvgIpc) is 3.38. The third-order valence-corrected chi connectivity index (χ3v) is 6.19. The molecule has 1 heterocycles. The van der Waals surface area contributed by atoms with Crippen molar-refractivity contribution >= 4 is 18.0 Å². The lowest BCUT2D eigenvalue weighted by atomic mass is 9.98. The number of carboxylic acid groups (broad SMARTS) is 1. The van der Waals surface area contributed by atoms with Crippen LogP contribution in [0.2, 0.25) is 0 Å². The fourth-order valence-electron chi connectivity index (χ4n) is 4.63. The number of nitrogens with one attached hydrogen (secondary N) is 2. The summed E-state index contributed by atoms with van der Waals surface area (Å²) in [5, 5.41) is 14.3. The van der Waals surface area contributed by atoms with E-state index in [9.17, 15) is 14.4 Å². The predicted molar refractivity (Wildman–Crippen MR) is 121 cm³/mol. The van der Waals surface area contributed by atoms with Crippen LogP contribution in [0.4, 0.5) is 4.79 Å². The number of carbonyl (C=O) groups is 3. The van der Waals surface area contributed by atoms with E-state index in [-0.39, 0.29) is 37.3 Å². The van der Waals surface area contributed by atoms with E-state index in [0.29, 0.717) is 13.0 Å². The number of fused-ring (bicyclic) bond motifs is 3.